The second-order valence-corrected chi connectivity index (χ2v) is 5.64. The summed E-state index contributed by atoms with van der Waals surface area (Å²) in [5, 5.41) is 2.97. The third kappa shape index (κ3) is 3.78. The molecule has 0 radical (unpaired) electrons. The molecule has 1 amide bonds. The molecular formula is C13H18BrN3O. The molecule has 0 bridgehead atoms. The molecule has 5 heteroatoms. The Morgan fingerprint density at radius 1 is 1.61 bits per heavy atom. The fourth-order valence-electron chi connectivity index (χ4n) is 2.30. The van der Waals surface area contributed by atoms with Crippen molar-refractivity contribution in [2.45, 2.75) is 12.8 Å². The van der Waals surface area contributed by atoms with Crippen LogP contribution < -0.4 is 5.32 Å². The van der Waals surface area contributed by atoms with Gasteiger partial charge in [0.1, 0.15) is 10.3 Å². The number of rotatable bonds is 3. The Bertz CT molecular complexity index is 424. The van der Waals surface area contributed by atoms with Gasteiger partial charge in [-0.25, -0.2) is 4.98 Å². The third-order valence-electron chi connectivity index (χ3n) is 3.22. The van der Waals surface area contributed by atoms with Gasteiger partial charge in [-0.3, -0.25) is 4.79 Å². The van der Waals surface area contributed by atoms with Gasteiger partial charge < -0.3 is 10.2 Å². The van der Waals surface area contributed by atoms with E-state index in [1.807, 2.05) is 12.1 Å². The topological polar surface area (TPSA) is 45.2 Å². The summed E-state index contributed by atoms with van der Waals surface area (Å²) in [5.41, 5.74) is 0.466. The number of nitrogens with zero attached hydrogens (tertiary/aromatic N) is 2. The molecule has 1 aromatic rings. The average Bonchev–Trinajstić information content (AvgIpc) is 2.36. The molecule has 2 rings (SSSR count). The maximum Gasteiger partial charge on any atom is 0.269 e. The Hall–Kier alpha value is -0.940. The van der Waals surface area contributed by atoms with Crippen LogP contribution in [0.15, 0.2) is 22.8 Å². The zero-order chi connectivity index (χ0) is 13.0. The van der Waals surface area contributed by atoms with E-state index in [0.717, 1.165) is 19.6 Å². The molecular weight excluding hydrogens is 294 g/mol. The summed E-state index contributed by atoms with van der Waals surface area (Å²) < 4.78 is 0.688. The highest BCUT2D eigenvalue weighted by molar-refractivity contribution is 9.10. The first-order chi connectivity index (χ1) is 8.65. The lowest BCUT2D eigenvalue weighted by Gasteiger charge is -2.29. The monoisotopic (exact) mass is 311 g/mol. The maximum absolute atomic E-state index is 11.9. The lowest BCUT2D eigenvalue weighted by atomic mass is 9.98. The molecule has 2 heterocycles. The number of aromatic nitrogens is 1. The molecule has 1 aliphatic heterocycles. The van der Waals surface area contributed by atoms with E-state index in [4.69, 9.17) is 0 Å². The Kier molecular flexibility index (Phi) is 4.72. The van der Waals surface area contributed by atoms with E-state index in [0.29, 0.717) is 16.2 Å². The largest absolute Gasteiger partial charge is 0.350 e. The maximum atomic E-state index is 11.9. The van der Waals surface area contributed by atoms with Crippen molar-refractivity contribution in [1.82, 2.24) is 15.2 Å². The van der Waals surface area contributed by atoms with Gasteiger partial charge in [0.25, 0.3) is 5.91 Å². The number of piperidine rings is 1. The van der Waals surface area contributed by atoms with Crippen LogP contribution in [-0.2, 0) is 0 Å². The van der Waals surface area contributed by atoms with Gasteiger partial charge in [0.2, 0.25) is 0 Å². The van der Waals surface area contributed by atoms with Crippen molar-refractivity contribution in [2.75, 3.05) is 26.7 Å². The van der Waals surface area contributed by atoms with Gasteiger partial charge in [0, 0.05) is 13.1 Å². The first kappa shape index (κ1) is 13.5. The summed E-state index contributed by atoms with van der Waals surface area (Å²) in [6.45, 7) is 2.96. The summed E-state index contributed by atoms with van der Waals surface area (Å²) >= 11 is 3.27. The molecule has 1 unspecified atom stereocenters. The summed E-state index contributed by atoms with van der Waals surface area (Å²) in [4.78, 5) is 18.4. The van der Waals surface area contributed by atoms with E-state index >= 15 is 0 Å². The van der Waals surface area contributed by atoms with Gasteiger partial charge in [0.15, 0.2) is 0 Å². The van der Waals surface area contributed by atoms with Crippen molar-refractivity contribution in [3.63, 3.8) is 0 Å². The molecule has 18 heavy (non-hydrogen) atoms. The van der Waals surface area contributed by atoms with Crippen LogP contribution in [0.1, 0.15) is 23.3 Å². The molecule has 1 fully saturated rings. The van der Waals surface area contributed by atoms with Crippen LogP contribution >= 0.6 is 15.9 Å². The Morgan fingerprint density at radius 2 is 2.44 bits per heavy atom. The molecule has 1 N–H and O–H groups in total. The molecule has 0 aliphatic carbocycles. The average molecular weight is 312 g/mol. The minimum absolute atomic E-state index is 0.0930. The molecule has 98 valence electrons. The van der Waals surface area contributed by atoms with Gasteiger partial charge in [-0.1, -0.05) is 6.07 Å². The number of nitrogens with one attached hydrogen (secondary N) is 1. The summed E-state index contributed by atoms with van der Waals surface area (Å²) in [5.74, 6) is 0.462. The van der Waals surface area contributed by atoms with E-state index in [2.05, 4.69) is 38.2 Å². The number of carbonyl (C=O) groups excluding carboxylic acids is 1. The number of amides is 1. The zero-order valence-electron chi connectivity index (χ0n) is 10.5. The predicted molar refractivity (Wildman–Crippen MR) is 74.5 cm³/mol. The van der Waals surface area contributed by atoms with Crippen molar-refractivity contribution >= 4 is 21.8 Å². The van der Waals surface area contributed by atoms with Gasteiger partial charge in [0.05, 0.1) is 0 Å². The molecule has 1 aliphatic rings. The first-order valence-corrected chi connectivity index (χ1v) is 7.04. The number of halogens is 1. The molecule has 0 spiro atoms. The number of likely N-dealkylation sites (tertiary alicyclic amines) is 1. The van der Waals surface area contributed by atoms with Gasteiger partial charge >= 0.3 is 0 Å². The number of carbonyl (C=O) groups is 1. The SMILES string of the molecule is CN1CCCC(CNC(=O)c2cccc(Br)n2)C1. The van der Waals surface area contributed by atoms with Crippen molar-refractivity contribution in [3.8, 4) is 0 Å². The molecule has 1 atom stereocenters. The standard InChI is InChI=1S/C13H18BrN3O/c1-17-7-3-4-10(9-17)8-15-13(18)11-5-2-6-12(14)16-11/h2,5-6,10H,3-4,7-9H2,1H3,(H,15,18). The lowest BCUT2D eigenvalue weighted by molar-refractivity contribution is 0.0931. The zero-order valence-corrected chi connectivity index (χ0v) is 12.1. The van der Waals surface area contributed by atoms with Crippen LogP contribution in [0.2, 0.25) is 0 Å². The van der Waals surface area contributed by atoms with Crippen molar-refractivity contribution in [3.05, 3.63) is 28.5 Å². The van der Waals surface area contributed by atoms with E-state index < -0.39 is 0 Å². The third-order valence-corrected chi connectivity index (χ3v) is 3.66. The second kappa shape index (κ2) is 6.29. The highest BCUT2D eigenvalue weighted by Gasteiger charge is 2.18. The van der Waals surface area contributed by atoms with Crippen LogP contribution in [-0.4, -0.2) is 42.5 Å². The first-order valence-electron chi connectivity index (χ1n) is 6.24. The van der Waals surface area contributed by atoms with Crippen LogP contribution in [0.3, 0.4) is 0 Å². The summed E-state index contributed by atoms with van der Waals surface area (Å²) in [6.07, 6.45) is 2.41. The quantitative estimate of drug-likeness (QED) is 0.867. The predicted octanol–water partition coefficient (Wildman–Crippen LogP) is 1.92. The minimum Gasteiger partial charge on any atom is -0.350 e. The van der Waals surface area contributed by atoms with Crippen LogP contribution in [0, 0.1) is 5.92 Å². The van der Waals surface area contributed by atoms with Gasteiger partial charge in [-0.2, -0.15) is 0 Å². The van der Waals surface area contributed by atoms with Crippen molar-refractivity contribution < 1.29 is 4.79 Å². The van der Waals surface area contributed by atoms with Crippen LogP contribution in [0.4, 0.5) is 0 Å². The van der Waals surface area contributed by atoms with E-state index in [-0.39, 0.29) is 5.91 Å². The van der Waals surface area contributed by atoms with Crippen molar-refractivity contribution in [2.24, 2.45) is 5.92 Å². The smallest absolute Gasteiger partial charge is 0.269 e. The fraction of sp³-hybridized carbons (Fsp3) is 0.538. The normalized spacial score (nSPS) is 20.7. The molecule has 0 aromatic carbocycles. The highest BCUT2D eigenvalue weighted by Crippen LogP contribution is 2.14. The van der Waals surface area contributed by atoms with Gasteiger partial charge in [-0.05, 0) is 60.4 Å². The van der Waals surface area contributed by atoms with Crippen LogP contribution in [0.5, 0.6) is 0 Å². The van der Waals surface area contributed by atoms with E-state index in [1.165, 1.54) is 12.8 Å². The molecule has 1 aromatic heterocycles. The fourth-order valence-corrected chi connectivity index (χ4v) is 2.65. The molecule has 4 nitrogen and oxygen atoms in total. The molecule has 1 saturated heterocycles. The van der Waals surface area contributed by atoms with Gasteiger partial charge in [-0.15, -0.1) is 0 Å². The summed E-state index contributed by atoms with van der Waals surface area (Å²) in [6, 6.07) is 5.36. The molecule has 0 saturated carbocycles. The minimum atomic E-state index is -0.0930. The Labute approximate surface area is 116 Å². The van der Waals surface area contributed by atoms with E-state index in [9.17, 15) is 4.79 Å². The second-order valence-electron chi connectivity index (χ2n) is 4.83. The lowest BCUT2D eigenvalue weighted by Crippen LogP contribution is -2.39. The Balaban J connectivity index is 1.84. The highest BCUT2D eigenvalue weighted by atomic mass is 79.9. The van der Waals surface area contributed by atoms with E-state index in [1.54, 1.807) is 6.07 Å². The number of hydrogen-bond donors (Lipinski definition) is 1. The van der Waals surface area contributed by atoms with Crippen molar-refractivity contribution in [1.29, 1.82) is 0 Å². The van der Waals surface area contributed by atoms with Crippen LogP contribution in [0.25, 0.3) is 0 Å². The number of pyridine rings is 1. The Morgan fingerprint density at radius 3 is 3.17 bits per heavy atom. The number of hydrogen-bond acceptors (Lipinski definition) is 3. The summed E-state index contributed by atoms with van der Waals surface area (Å²) in [7, 11) is 2.13.